The van der Waals surface area contributed by atoms with Gasteiger partial charge in [0.25, 0.3) is 0 Å². The SMILES string of the molecule is Oc1cccc2c1OCCC2F. The van der Waals surface area contributed by atoms with Gasteiger partial charge in [-0.05, 0) is 6.07 Å². The molecule has 1 atom stereocenters. The van der Waals surface area contributed by atoms with E-state index in [9.17, 15) is 9.50 Å². The summed E-state index contributed by atoms with van der Waals surface area (Å²) in [5.41, 5.74) is 0.459. The second-order valence-corrected chi connectivity index (χ2v) is 2.80. The van der Waals surface area contributed by atoms with Gasteiger partial charge in [0.05, 0.1) is 6.61 Å². The van der Waals surface area contributed by atoms with Crippen LogP contribution < -0.4 is 4.74 Å². The molecule has 0 amide bonds. The minimum atomic E-state index is -0.999. The predicted molar refractivity (Wildman–Crippen MR) is 42.1 cm³/mol. The van der Waals surface area contributed by atoms with Crippen LogP contribution in [0.2, 0.25) is 0 Å². The third-order valence-corrected chi connectivity index (χ3v) is 1.98. The smallest absolute Gasteiger partial charge is 0.167 e. The first kappa shape index (κ1) is 7.40. The number of phenolic OH excluding ortho intramolecular Hbond substituents is 1. The first-order chi connectivity index (χ1) is 5.79. The predicted octanol–water partition coefficient (Wildman–Crippen LogP) is 2.19. The molecule has 0 saturated heterocycles. The summed E-state index contributed by atoms with van der Waals surface area (Å²) in [6, 6.07) is 4.76. The highest BCUT2D eigenvalue weighted by molar-refractivity contribution is 5.47. The lowest BCUT2D eigenvalue weighted by Gasteiger charge is -2.20. The Bertz CT molecular complexity index is 299. The summed E-state index contributed by atoms with van der Waals surface area (Å²) >= 11 is 0. The van der Waals surface area contributed by atoms with Crippen molar-refractivity contribution < 1.29 is 14.2 Å². The molecule has 1 aromatic carbocycles. The summed E-state index contributed by atoms with van der Waals surface area (Å²) in [5.74, 6) is 0.325. The first-order valence-corrected chi connectivity index (χ1v) is 3.88. The van der Waals surface area contributed by atoms with Gasteiger partial charge in [0.2, 0.25) is 0 Å². The van der Waals surface area contributed by atoms with E-state index >= 15 is 0 Å². The third kappa shape index (κ3) is 1.02. The molecule has 0 fully saturated rings. The molecule has 0 spiro atoms. The van der Waals surface area contributed by atoms with Crippen LogP contribution in [0.1, 0.15) is 18.2 Å². The zero-order chi connectivity index (χ0) is 8.55. The van der Waals surface area contributed by atoms with E-state index in [1.54, 1.807) is 12.1 Å². The molecule has 1 aromatic rings. The first-order valence-electron chi connectivity index (χ1n) is 3.88. The molecular formula is C9H9FO2. The molecular weight excluding hydrogens is 159 g/mol. The van der Waals surface area contributed by atoms with E-state index in [4.69, 9.17) is 4.74 Å². The third-order valence-electron chi connectivity index (χ3n) is 1.98. The Kier molecular flexibility index (Phi) is 1.64. The van der Waals surface area contributed by atoms with Gasteiger partial charge in [-0.2, -0.15) is 0 Å². The van der Waals surface area contributed by atoms with Crippen LogP contribution in [0.4, 0.5) is 4.39 Å². The molecule has 1 heterocycles. The molecule has 64 valence electrons. The van der Waals surface area contributed by atoms with Crippen LogP contribution in [-0.4, -0.2) is 11.7 Å². The van der Waals surface area contributed by atoms with Crippen molar-refractivity contribution in [2.75, 3.05) is 6.61 Å². The summed E-state index contributed by atoms with van der Waals surface area (Å²) in [7, 11) is 0. The van der Waals surface area contributed by atoms with Crippen LogP contribution >= 0.6 is 0 Å². The second kappa shape index (κ2) is 2.66. The standard InChI is InChI=1S/C9H9FO2/c10-7-4-5-12-9-6(7)2-1-3-8(9)11/h1-3,7,11H,4-5H2. The molecule has 2 rings (SSSR count). The number of rotatable bonds is 0. The molecule has 0 aliphatic carbocycles. The van der Waals surface area contributed by atoms with Crippen molar-refractivity contribution in [1.29, 1.82) is 0 Å². The summed E-state index contributed by atoms with van der Waals surface area (Å²) in [5, 5.41) is 9.28. The van der Waals surface area contributed by atoms with Crippen LogP contribution in [0.5, 0.6) is 11.5 Å². The van der Waals surface area contributed by atoms with Gasteiger partial charge in [0.1, 0.15) is 6.17 Å². The maximum Gasteiger partial charge on any atom is 0.167 e. The largest absolute Gasteiger partial charge is 0.504 e. The maximum absolute atomic E-state index is 13.2. The fraction of sp³-hybridized carbons (Fsp3) is 0.333. The van der Waals surface area contributed by atoms with Gasteiger partial charge in [0.15, 0.2) is 11.5 Å². The molecule has 1 aliphatic heterocycles. The second-order valence-electron chi connectivity index (χ2n) is 2.80. The van der Waals surface area contributed by atoms with Crippen LogP contribution in [0, 0.1) is 0 Å². The van der Waals surface area contributed by atoms with E-state index in [1.165, 1.54) is 6.07 Å². The lowest BCUT2D eigenvalue weighted by Crippen LogP contribution is -2.10. The van der Waals surface area contributed by atoms with Crippen molar-refractivity contribution in [2.24, 2.45) is 0 Å². The summed E-state index contributed by atoms with van der Waals surface area (Å²) in [6.07, 6.45) is -0.628. The Morgan fingerprint density at radius 3 is 3.08 bits per heavy atom. The van der Waals surface area contributed by atoms with Crippen molar-refractivity contribution in [3.8, 4) is 11.5 Å². The molecule has 0 saturated carbocycles. The van der Waals surface area contributed by atoms with E-state index < -0.39 is 6.17 Å². The highest BCUT2D eigenvalue weighted by Crippen LogP contribution is 2.39. The molecule has 0 aromatic heterocycles. The van der Waals surface area contributed by atoms with Gasteiger partial charge < -0.3 is 9.84 Å². The van der Waals surface area contributed by atoms with Crippen LogP contribution in [0.15, 0.2) is 18.2 Å². The van der Waals surface area contributed by atoms with Gasteiger partial charge >= 0.3 is 0 Å². The van der Waals surface area contributed by atoms with E-state index in [2.05, 4.69) is 0 Å². The van der Waals surface area contributed by atoms with Crippen LogP contribution in [-0.2, 0) is 0 Å². The lowest BCUT2D eigenvalue weighted by atomic mass is 10.0. The Morgan fingerprint density at radius 1 is 1.50 bits per heavy atom. The Balaban J connectivity index is 2.52. The van der Waals surface area contributed by atoms with Crippen LogP contribution in [0.3, 0.4) is 0 Å². The highest BCUT2D eigenvalue weighted by Gasteiger charge is 2.22. The fourth-order valence-corrected chi connectivity index (χ4v) is 1.37. The molecule has 1 N–H and O–H groups in total. The van der Waals surface area contributed by atoms with E-state index in [0.717, 1.165) is 0 Å². The number of para-hydroxylation sites is 1. The Labute approximate surface area is 69.6 Å². The van der Waals surface area contributed by atoms with Crippen molar-refractivity contribution in [3.63, 3.8) is 0 Å². The number of hydrogen-bond donors (Lipinski definition) is 1. The van der Waals surface area contributed by atoms with E-state index in [-0.39, 0.29) is 5.75 Å². The minimum Gasteiger partial charge on any atom is -0.504 e. The number of benzene rings is 1. The van der Waals surface area contributed by atoms with Crippen LogP contribution in [0.25, 0.3) is 0 Å². The van der Waals surface area contributed by atoms with Crippen molar-refractivity contribution >= 4 is 0 Å². The number of ether oxygens (including phenoxy) is 1. The summed E-state index contributed by atoms with van der Waals surface area (Å²) in [4.78, 5) is 0. The molecule has 1 unspecified atom stereocenters. The topological polar surface area (TPSA) is 29.5 Å². The molecule has 3 heteroatoms. The van der Waals surface area contributed by atoms with Crippen molar-refractivity contribution in [3.05, 3.63) is 23.8 Å². The number of aromatic hydroxyl groups is 1. The highest BCUT2D eigenvalue weighted by atomic mass is 19.1. The van der Waals surface area contributed by atoms with Gasteiger partial charge in [-0.15, -0.1) is 0 Å². The lowest BCUT2D eigenvalue weighted by molar-refractivity contribution is 0.193. The number of phenols is 1. The number of hydrogen-bond acceptors (Lipinski definition) is 2. The Hall–Kier alpha value is -1.25. The maximum atomic E-state index is 13.2. The summed E-state index contributed by atoms with van der Waals surface area (Å²) in [6.45, 7) is 0.339. The molecule has 0 radical (unpaired) electrons. The van der Waals surface area contributed by atoms with Gasteiger partial charge in [-0.25, -0.2) is 4.39 Å². The minimum absolute atomic E-state index is 0.0230. The van der Waals surface area contributed by atoms with Crippen molar-refractivity contribution in [2.45, 2.75) is 12.6 Å². The molecule has 12 heavy (non-hydrogen) atoms. The molecule has 2 nitrogen and oxygen atoms in total. The zero-order valence-electron chi connectivity index (χ0n) is 6.46. The van der Waals surface area contributed by atoms with E-state index in [1.807, 2.05) is 0 Å². The molecule has 0 bridgehead atoms. The number of fused-ring (bicyclic) bond motifs is 1. The monoisotopic (exact) mass is 168 g/mol. The molecule has 1 aliphatic rings. The summed E-state index contributed by atoms with van der Waals surface area (Å²) < 4.78 is 18.3. The van der Waals surface area contributed by atoms with Gasteiger partial charge in [-0.3, -0.25) is 0 Å². The quantitative estimate of drug-likeness (QED) is 0.643. The zero-order valence-corrected chi connectivity index (χ0v) is 6.46. The Morgan fingerprint density at radius 2 is 2.33 bits per heavy atom. The number of halogens is 1. The van der Waals surface area contributed by atoms with Gasteiger partial charge in [-0.1, -0.05) is 12.1 Å². The van der Waals surface area contributed by atoms with E-state index in [0.29, 0.717) is 24.3 Å². The normalized spacial score (nSPS) is 21.2. The fourth-order valence-electron chi connectivity index (χ4n) is 1.37. The number of alkyl halides is 1. The van der Waals surface area contributed by atoms with Gasteiger partial charge in [0, 0.05) is 12.0 Å². The average molecular weight is 168 g/mol. The van der Waals surface area contributed by atoms with Crippen molar-refractivity contribution in [1.82, 2.24) is 0 Å². The average Bonchev–Trinajstić information content (AvgIpc) is 2.07.